The number of carbonyl (C=O) groups excluding carboxylic acids is 2. The highest BCUT2D eigenvalue weighted by molar-refractivity contribution is 6.06. The molecule has 1 unspecified atom stereocenters. The van der Waals surface area contributed by atoms with Crippen molar-refractivity contribution in [2.24, 2.45) is 5.41 Å². The Bertz CT molecular complexity index is 1160. The maximum Gasteiger partial charge on any atom is 0.273 e. The minimum atomic E-state index is -0.776. The Balaban J connectivity index is 1.66. The van der Waals surface area contributed by atoms with Crippen LogP contribution in [0.3, 0.4) is 0 Å². The second kappa shape index (κ2) is 8.33. The minimum absolute atomic E-state index is 0.0371. The second-order valence-corrected chi connectivity index (χ2v) is 9.35. The maximum absolute atomic E-state index is 14.0. The van der Waals surface area contributed by atoms with E-state index < -0.39 is 23.2 Å². The van der Waals surface area contributed by atoms with Gasteiger partial charge in [-0.05, 0) is 54.2 Å². The highest BCUT2D eigenvalue weighted by atomic mass is 19.1. The fourth-order valence-corrected chi connectivity index (χ4v) is 3.59. The van der Waals surface area contributed by atoms with Crippen molar-refractivity contribution in [1.82, 2.24) is 20.4 Å². The number of fused-ring (bicyclic) bond motifs is 1. The summed E-state index contributed by atoms with van der Waals surface area (Å²) in [5, 5.41) is 10.5. The number of aromatic nitrogens is 2. The predicted molar refractivity (Wildman–Crippen MR) is 117 cm³/mol. The zero-order valence-corrected chi connectivity index (χ0v) is 18.3. The molecule has 0 spiro atoms. The Morgan fingerprint density at radius 2 is 1.75 bits per heavy atom. The van der Waals surface area contributed by atoms with Crippen molar-refractivity contribution in [3.05, 3.63) is 65.4 Å². The zero-order chi connectivity index (χ0) is 23.0. The first-order valence-electron chi connectivity index (χ1n) is 10.6. The zero-order valence-electron chi connectivity index (χ0n) is 18.3. The number of benzene rings is 2. The number of carbonyl (C=O) groups is 2. The lowest BCUT2D eigenvalue weighted by atomic mass is 9.86. The molecule has 1 heterocycles. The first-order chi connectivity index (χ1) is 15.1. The number of nitrogens with zero attached hydrogens (tertiary/aromatic N) is 2. The Labute approximate surface area is 185 Å². The summed E-state index contributed by atoms with van der Waals surface area (Å²) in [7, 11) is 0. The van der Waals surface area contributed by atoms with Gasteiger partial charge >= 0.3 is 0 Å². The molecule has 168 valence electrons. The quantitative estimate of drug-likeness (QED) is 0.613. The van der Waals surface area contributed by atoms with Crippen molar-refractivity contribution in [3.8, 4) is 0 Å². The van der Waals surface area contributed by atoms with E-state index in [1.807, 2.05) is 20.8 Å². The van der Waals surface area contributed by atoms with Crippen LogP contribution in [-0.4, -0.2) is 33.7 Å². The summed E-state index contributed by atoms with van der Waals surface area (Å²) in [6.07, 6.45) is 1.88. The van der Waals surface area contributed by atoms with Crippen molar-refractivity contribution in [2.45, 2.75) is 52.2 Å². The average Bonchev–Trinajstić information content (AvgIpc) is 3.46. The van der Waals surface area contributed by atoms with Gasteiger partial charge in [0.15, 0.2) is 5.69 Å². The molecule has 3 aromatic rings. The fraction of sp³-hybridized carbons (Fsp3) is 0.375. The van der Waals surface area contributed by atoms with Gasteiger partial charge < -0.3 is 10.6 Å². The first kappa shape index (κ1) is 21.9. The van der Waals surface area contributed by atoms with Gasteiger partial charge in [-0.2, -0.15) is 5.10 Å². The summed E-state index contributed by atoms with van der Waals surface area (Å²) < 4.78 is 28.8. The van der Waals surface area contributed by atoms with Gasteiger partial charge in [-0.1, -0.05) is 32.9 Å². The molecule has 0 bridgehead atoms. The summed E-state index contributed by atoms with van der Waals surface area (Å²) in [5.41, 5.74) is 0.848. The molecule has 32 heavy (non-hydrogen) atoms. The van der Waals surface area contributed by atoms with Crippen LogP contribution < -0.4 is 10.6 Å². The molecule has 0 aliphatic heterocycles. The number of hydrogen-bond donors (Lipinski definition) is 2. The molecule has 1 aliphatic carbocycles. The third kappa shape index (κ3) is 4.79. The lowest BCUT2D eigenvalue weighted by Crippen LogP contribution is -2.54. The van der Waals surface area contributed by atoms with E-state index in [1.165, 1.54) is 24.3 Å². The first-order valence-corrected chi connectivity index (χ1v) is 10.6. The smallest absolute Gasteiger partial charge is 0.273 e. The van der Waals surface area contributed by atoms with Crippen LogP contribution in [0.1, 0.15) is 49.7 Å². The van der Waals surface area contributed by atoms with E-state index in [2.05, 4.69) is 15.7 Å². The average molecular weight is 440 g/mol. The van der Waals surface area contributed by atoms with E-state index in [-0.39, 0.29) is 30.0 Å². The van der Waals surface area contributed by atoms with Gasteiger partial charge in [0.1, 0.15) is 17.7 Å². The molecule has 0 saturated heterocycles. The largest absolute Gasteiger partial charge is 0.352 e. The number of hydrogen-bond acceptors (Lipinski definition) is 3. The SMILES string of the molecule is CC(C)(C)C(NC(=O)c1nn(Cc2ccc(F)cc2)c2ccc(F)cc12)C(=O)NC1CC1. The predicted octanol–water partition coefficient (Wildman–Crippen LogP) is 3.79. The molecule has 2 amide bonds. The van der Waals surface area contributed by atoms with Gasteiger partial charge in [-0.3, -0.25) is 14.3 Å². The third-order valence-electron chi connectivity index (χ3n) is 5.50. The monoisotopic (exact) mass is 440 g/mol. The third-order valence-corrected chi connectivity index (χ3v) is 5.50. The summed E-state index contributed by atoms with van der Waals surface area (Å²) >= 11 is 0. The molecular weight excluding hydrogens is 414 g/mol. The molecule has 0 radical (unpaired) electrons. The lowest BCUT2D eigenvalue weighted by molar-refractivity contribution is -0.125. The number of halogens is 2. The molecule has 2 N–H and O–H groups in total. The topological polar surface area (TPSA) is 76.0 Å². The van der Waals surface area contributed by atoms with Crippen LogP contribution in [0.15, 0.2) is 42.5 Å². The molecule has 1 aliphatic rings. The van der Waals surface area contributed by atoms with E-state index in [0.29, 0.717) is 10.9 Å². The van der Waals surface area contributed by atoms with Crippen LogP contribution in [0.5, 0.6) is 0 Å². The van der Waals surface area contributed by atoms with Gasteiger partial charge in [-0.25, -0.2) is 8.78 Å². The molecule has 8 heteroatoms. The van der Waals surface area contributed by atoms with E-state index in [0.717, 1.165) is 18.4 Å². The van der Waals surface area contributed by atoms with Crippen LogP contribution in [0.4, 0.5) is 8.78 Å². The van der Waals surface area contributed by atoms with E-state index in [1.54, 1.807) is 22.9 Å². The van der Waals surface area contributed by atoms with Crippen LogP contribution >= 0.6 is 0 Å². The van der Waals surface area contributed by atoms with Crippen LogP contribution in [0.2, 0.25) is 0 Å². The standard InChI is InChI=1S/C24H26F2N4O2/c1-24(2,3)21(23(32)27-17-9-10-17)28-22(31)20-18-12-16(26)8-11-19(18)30(29-20)13-14-4-6-15(25)7-5-14/h4-8,11-12,17,21H,9-10,13H2,1-3H3,(H,27,32)(H,28,31). The Morgan fingerprint density at radius 3 is 2.38 bits per heavy atom. The van der Waals surface area contributed by atoms with Gasteiger partial charge in [0.2, 0.25) is 5.91 Å². The van der Waals surface area contributed by atoms with Gasteiger partial charge in [0.05, 0.1) is 12.1 Å². The summed E-state index contributed by atoms with van der Waals surface area (Å²) in [5.74, 6) is -1.63. The Kier molecular flexibility index (Phi) is 5.71. The molecule has 1 aromatic heterocycles. The fourth-order valence-electron chi connectivity index (χ4n) is 3.59. The van der Waals surface area contributed by atoms with Gasteiger partial charge in [0, 0.05) is 11.4 Å². The van der Waals surface area contributed by atoms with Gasteiger partial charge in [0.25, 0.3) is 5.91 Å². The molecule has 6 nitrogen and oxygen atoms in total. The van der Waals surface area contributed by atoms with Crippen LogP contribution in [-0.2, 0) is 11.3 Å². The molecule has 1 atom stereocenters. The highest BCUT2D eigenvalue weighted by Gasteiger charge is 2.36. The minimum Gasteiger partial charge on any atom is -0.352 e. The van der Waals surface area contributed by atoms with E-state index >= 15 is 0 Å². The second-order valence-electron chi connectivity index (χ2n) is 9.35. The van der Waals surface area contributed by atoms with Gasteiger partial charge in [-0.15, -0.1) is 0 Å². The molecule has 1 saturated carbocycles. The van der Waals surface area contributed by atoms with Crippen molar-refractivity contribution in [2.75, 3.05) is 0 Å². The summed E-state index contributed by atoms with van der Waals surface area (Å²) in [6.45, 7) is 5.89. The summed E-state index contributed by atoms with van der Waals surface area (Å²) in [6, 6.07) is 9.45. The molecule has 4 rings (SSSR count). The molecule has 1 fully saturated rings. The van der Waals surface area contributed by atoms with Crippen molar-refractivity contribution in [3.63, 3.8) is 0 Å². The van der Waals surface area contributed by atoms with E-state index in [9.17, 15) is 18.4 Å². The Hall–Kier alpha value is -3.29. The Morgan fingerprint density at radius 1 is 1.09 bits per heavy atom. The molecule has 2 aromatic carbocycles. The van der Waals surface area contributed by atoms with Crippen molar-refractivity contribution < 1.29 is 18.4 Å². The van der Waals surface area contributed by atoms with Crippen LogP contribution in [0, 0.1) is 17.0 Å². The number of rotatable bonds is 6. The van der Waals surface area contributed by atoms with Crippen molar-refractivity contribution >= 4 is 22.7 Å². The molecular formula is C24H26F2N4O2. The maximum atomic E-state index is 14.0. The normalized spacial score (nSPS) is 14.9. The lowest BCUT2D eigenvalue weighted by Gasteiger charge is -2.30. The van der Waals surface area contributed by atoms with Crippen molar-refractivity contribution in [1.29, 1.82) is 0 Å². The number of nitrogens with one attached hydrogen (secondary N) is 2. The number of amides is 2. The van der Waals surface area contributed by atoms with E-state index in [4.69, 9.17) is 0 Å². The highest BCUT2D eigenvalue weighted by Crippen LogP contribution is 2.25. The summed E-state index contributed by atoms with van der Waals surface area (Å²) in [4.78, 5) is 26.0. The van der Waals surface area contributed by atoms with Crippen LogP contribution in [0.25, 0.3) is 10.9 Å².